The quantitative estimate of drug-likeness (QED) is 0.828. The van der Waals surface area contributed by atoms with Gasteiger partial charge in [0.05, 0.1) is 20.3 Å². The molecule has 1 aromatic carbocycles. The van der Waals surface area contributed by atoms with Crippen LogP contribution in [0, 0.1) is 0 Å². The second-order valence-electron chi connectivity index (χ2n) is 4.82. The van der Waals surface area contributed by atoms with Crippen molar-refractivity contribution in [1.29, 1.82) is 0 Å². The fraction of sp³-hybridized carbons (Fsp3) is 0.538. The van der Waals surface area contributed by atoms with Crippen molar-refractivity contribution in [2.24, 2.45) is 5.73 Å². The fourth-order valence-electron chi connectivity index (χ4n) is 2.59. The minimum absolute atomic E-state index is 0.164. The Balaban J connectivity index is 2.09. The van der Waals surface area contributed by atoms with E-state index in [-0.39, 0.29) is 5.54 Å². The third-order valence-electron chi connectivity index (χ3n) is 3.82. The first-order valence-electron chi connectivity index (χ1n) is 5.80. The molecule has 0 amide bonds. The standard InChI is InChI=1S/C13H17NO2/c1-15-12-6-10-8-16-7-9(10)5-11(12)13(14)3-2-4-13/h5-6H,2-4,7-8,14H2,1H3. The van der Waals surface area contributed by atoms with Crippen LogP contribution in [0.15, 0.2) is 12.1 Å². The molecule has 0 radical (unpaired) electrons. The normalized spacial score (nSPS) is 21.4. The zero-order chi connectivity index (χ0) is 11.2. The van der Waals surface area contributed by atoms with Crippen LogP contribution in [0.25, 0.3) is 0 Å². The van der Waals surface area contributed by atoms with Gasteiger partial charge in [-0.25, -0.2) is 0 Å². The lowest BCUT2D eigenvalue weighted by molar-refractivity contribution is 0.134. The molecule has 0 unspecified atom stereocenters. The van der Waals surface area contributed by atoms with Crippen molar-refractivity contribution >= 4 is 0 Å². The third-order valence-corrected chi connectivity index (χ3v) is 3.82. The van der Waals surface area contributed by atoms with Crippen LogP contribution in [0.5, 0.6) is 5.75 Å². The average molecular weight is 219 g/mol. The maximum Gasteiger partial charge on any atom is 0.124 e. The van der Waals surface area contributed by atoms with Gasteiger partial charge in [0.2, 0.25) is 0 Å². The van der Waals surface area contributed by atoms with E-state index in [4.69, 9.17) is 15.2 Å². The number of fused-ring (bicyclic) bond motifs is 1. The van der Waals surface area contributed by atoms with Crippen LogP contribution in [-0.4, -0.2) is 7.11 Å². The fourth-order valence-corrected chi connectivity index (χ4v) is 2.59. The molecule has 3 rings (SSSR count). The summed E-state index contributed by atoms with van der Waals surface area (Å²) in [6.07, 6.45) is 3.33. The Labute approximate surface area is 95.5 Å². The van der Waals surface area contributed by atoms with Crippen LogP contribution in [-0.2, 0) is 23.5 Å². The largest absolute Gasteiger partial charge is 0.496 e. The van der Waals surface area contributed by atoms with Gasteiger partial charge in [0.15, 0.2) is 0 Å². The summed E-state index contributed by atoms with van der Waals surface area (Å²) in [6.45, 7) is 1.41. The van der Waals surface area contributed by atoms with Crippen LogP contribution in [0.2, 0.25) is 0 Å². The van der Waals surface area contributed by atoms with Gasteiger partial charge < -0.3 is 15.2 Å². The molecule has 1 fully saturated rings. The molecule has 16 heavy (non-hydrogen) atoms. The summed E-state index contributed by atoms with van der Waals surface area (Å²) in [5, 5.41) is 0. The van der Waals surface area contributed by atoms with Crippen molar-refractivity contribution < 1.29 is 9.47 Å². The van der Waals surface area contributed by atoms with Crippen LogP contribution in [0.4, 0.5) is 0 Å². The first kappa shape index (κ1) is 10.1. The number of hydrogen-bond donors (Lipinski definition) is 1. The SMILES string of the molecule is COc1cc2c(cc1C1(N)CCC1)COC2. The maximum atomic E-state index is 6.37. The van der Waals surface area contributed by atoms with Gasteiger partial charge in [0.1, 0.15) is 5.75 Å². The minimum Gasteiger partial charge on any atom is -0.496 e. The lowest BCUT2D eigenvalue weighted by Gasteiger charge is -2.39. The molecule has 1 saturated carbocycles. The summed E-state index contributed by atoms with van der Waals surface area (Å²) >= 11 is 0. The van der Waals surface area contributed by atoms with E-state index in [2.05, 4.69) is 12.1 Å². The molecular formula is C13H17NO2. The van der Waals surface area contributed by atoms with Gasteiger partial charge in [-0.3, -0.25) is 0 Å². The molecule has 1 heterocycles. The van der Waals surface area contributed by atoms with E-state index < -0.39 is 0 Å². The number of methoxy groups -OCH3 is 1. The van der Waals surface area contributed by atoms with Gasteiger partial charge >= 0.3 is 0 Å². The van der Waals surface area contributed by atoms with Gasteiger partial charge in [-0.1, -0.05) is 0 Å². The van der Waals surface area contributed by atoms with Gasteiger partial charge in [-0.2, -0.15) is 0 Å². The summed E-state index contributed by atoms with van der Waals surface area (Å²) in [7, 11) is 1.71. The van der Waals surface area contributed by atoms with Gasteiger partial charge in [-0.15, -0.1) is 0 Å². The minimum atomic E-state index is -0.164. The molecule has 0 atom stereocenters. The van der Waals surface area contributed by atoms with E-state index in [1.54, 1.807) is 7.11 Å². The van der Waals surface area contributed by atoms with E-state index >= 15 is 0 Å². The van der Waals surface area contributed by atoms with Crippen LogP contribution in [0.1, 0.15) is 36.0 Å². The van der Waals surface area contributed by atoms with Crippen molar-refractivity contribution in [3.05, 3.63) is 28.8 Å². The summed E-state index contributed by atoms with van der Waals surface area (Å²) in [5.41, 5.74) is 9.88. The summed E-state index contributed by atoms with van der Waals surface area (Å²) < 4.78 is 10.9. The molecule has 2 aliphatic rings. The molecule has 0 bridgehead atoms. The van der Waals surface area contributed by atoms with E-state index in [1.165, 1.54) is 17.5 Å². The highest BCUT2D eigenvalue weighted by atomic mass is 16.5. The van der Waals surface area contributed by atoms with Crippen molar-refractivity contribution in [2.75, 3.05) is 7.11 Å². The predicted octanol–water partition coefficient (Wildman–Crippen LogP) is 2.06. The lowest BCUT2D eigenvalue weighted by Crippen LogP contribution is -2.43. The van der Waals surface area contributed by atoms with E-state index in [0.717, 1.165) is 24.2 Å². The molecule has 0 spiro atoms. The van der Waals surface area contributed by atoms with Crippen LogP contribution in [0.3, 0.4) is 0 Å². The van der Waals surface area contributed by atoms with Gasteiger partial charge in [-0.05, 0) is 42.5 Å². The highest BCUT2D eigenvalue weighted by Gasteiger charge is 2.37. The number of rotatable bonds is 2. The lowest BCUT2D eigenvalue weighted by atomic mass is 9.72. The van der Waals surface area contributed by atoms with Crippen molar-refractivity contribution in [1.82, 2.24) is 0 Å². The first-order chi connectivity index (χ1) is 7.73. The number of hydrogen-bond acceptors (Lipinski definition) is 3. The van der Waals surface area contributed by atoms with Crippen LogP contribution < -0.4 is 10.5 Å². The number of nitrogens with two attached hydrogens (primary N) is 1. The molecule has 3 nitrogen and oxygen atoms in total. The highest BCUT2D eigenvalue weighted by molar-refractivity contribution is 5.47. The van der Waals surface area contributed by atoms with E-state index in [0.29, 0.717) is 13.2 Å². The molecule has 1 aromatic rings. The Morgan fingerprint density at radius 2 is 1.94 bits per heavy atom. The Kier molecular flexibility index (Phi) is 2.19. The summed E-state index contributed by atoms with van der Waals surface area (Å²) in [5.74, 6) is 0.923. The number of benzene rings is 1. The zero-order valence-corrected chi connectivity index (χ0v) is 9.58. The molecule has 0 saturated heterocycles. The van der Waals surface area contributed by atoms with Crippen molar-refractivity contribution in [2.45, 2.75) is 38.0 Å². The zero-order valence-electron chi connectivity index (χ0n) is 9.58. The Bertz CT molecular complexity index is 424. The molecular weight excluding hydrogens is 202 g/mol. The molecule has 2 N–H and O–H groups in total. The predicted molar refractivity (Wildman–Crippen MR) is 61.2 cm³/mol. The van der Waals surface area contributed by atoms with E-state index in [9.17, 15) is 0 Å². The summed E-state index contributed by atoms with van der Waals surface area (Å²) in [6, 6.07) is 4.27. The molecule has 1 aliphatic carbocycles. The monoisotopic (exact) mass is 219 g/mol. The highest BCUT2D eigenvalue weighted by Crippen LogP contribution is 2.44. The van der Waals surface area contributed by atoms with Gasteiger partial charge in [0, 0.05) is 11.1 Å². The molecule has 3 heteroatoms. The topological polar surface area (TPSA) is 44.5 Å². The second kappa shape index (κ2) is 3.47. The van der Waals surface area contributed by atoms with Crippen LogP contribution >= 0.6 is 0 Å². The van der Waals surface area contributed by atoms with Crippen molar-refractivity contribution in [3.63, 3.8) is 0 Å². The third kappa shape index (κ3) is 1.35. The number of ether oxygens (including phenoxy) is 2. The van der Waals surface area contributed by atoms with Crippen molar-refractivity contribution in [3.8, 4) is 5.75 Å². The smallest absolute Gasteiger partial charge is 0.124 e. The Morgan fingerprint density at radius 1 is 1.25 bits per heavy atom. The molecule has 86 valence electrons. The Hall–Kier alpha value is -1.06. The van der Waals surface area contributed by atoms with E-state index in [1.807, 2.05) is 0 Å². The maximum absolute atomic E-state index is 6.37. The van der Waals surface area contributed by atoms with Gasteiger partial charge in [0.25, 0.3) is 0 Å². The Morgan fingerprint density at radius 3 is 2.50 bits per heavy atom. The average Bonchev–Trinajstić information content (AvgIpc) is 2.71. The summed E-state index contributed by atoms with van der Waals surface area (Å²) in [4.78, 5) is 0. The first-order valence-corrected chi connectivity index (χ1v) is 5.80. The second-order valence-corrected chi connectivity index (χ2v) is 4.82. The molecule has 1 aliphatic heterocycles. The molecule has 0 aromatic heterocycles.